The molecule has 1 rings (SSSR count). The number of ether oxygens (including phenoxy) is 1. The maximum absolute atomic E-state index is 12.9. The standard InChI is InChI=1S/C15H21FN2O3/c1-3-18(13-7-5-12(16)6-8-13)14(19)11-17-10-9-15(20)21-4-2/h5-8,17H,3-4,9-11H2,1-2H3. The largest absolute Gasteiger partial charge is 0.466 e. The number of carbonyl (C=O) groups is 2. The van der Waals surface area contributed by atoms with Gasteiger partial charge in [0.05, 0.1) is 19.6 Å². The second-order valence-corrected chi connectivity index (χ2v) is 4.35. The fourth-order valence-corrected chi connectivity index (χ4v) is 1.84. The normalized spacial score (nSPS) is 10.2. The molecule has 0 aliphatic heterocycles. The van der Waals surface area contributed by atoms with Crippen molar-refractivity contribution in [2.75, 3.05) is 31.1 Å². The van der Waals surface area contributed by atoms with Gasteiger partial charge < -0.3 is 15.0 Å². The Morgan fingerprint density at radius 1 is 1.24 bits per heavy atom. The zero-order valence-electron chi connectivity index (χ0n) is 12.4. The van der Waals surface area contributed by atoms with Crippen LogP contribution in [0.25, 0.3) is 0 Å². The molecule has 1 aromatic rings. The molecule has 0 saturated heterocycles. The first kappa shape index (κ1) is 17.1. The fraction of sp³-hybridized carbons (Fsp3) is 0.467. The molecule has 0 atom stereocenters. The van der Waals surface area contributed by atoms with Crippen LogP contribution in [0, 0.1) is 5.82 Å². The molecule has 0 aliphatic carbocycles. The maximum atomic E-state index is 12.9. The number of likely N-dealkylation sites (N-methyl/N-ethyl adjacent to an activating group) is 1. The number of halogens is 1. The molecule has 0 aromatic heterocycles. The monoisotopic (exact) mass is 296 g/mol. The molecule has 0 unspecified atom stereocenters. The van der Waals surface area contributed by atoms with Crippen LogP contribution in [0.15, 0.2) is 24.3 Å². The molecule has 0 bridgehead atoms. The first-order valence-corrected chi connectivity index (χ1v) is 7.00. The summed E-state index contributed by atoms with van der Waals surface area (Å²) in [6.07, 6.45) is 0.226. The highest BCUT2D eigenvalue weighted by atomic mass is 19.1. The van der Waals surface area contributed by atoms with Gasteiger partial charge in [0.15, 0.2) is 0 Å². The molecule has 0 saturated carbocycles. The summed E-state index contributed by atoms with van der Waals surface area (Å²) in [6.45, 7) is 4.93. The first-order chi connectivity index (χ1) is 10.1. The molecule has 116 valence electrons. The number of anilines is 1. The topological polar surface area (TPSA) is 58.6 Å². The summed E-state index contributed by atoms with van der Waals surface area (Å²) in [5.41, 5.74) is 0.649. The molecule has 6 heteroatoms. The third-order valence-corrected chi connectivity index (χ3v) is 2.84. The summed E-state index contributed by atoms with van der Waals surface area (Å²) >= 11 is 0. The Balaban J connectivity index is 2.42. The molecule has 1 amide bonds. The Morgan fingerprint density at radius 3 is 2.48 bits per heavy atom. The van der Waals surface area contributed by atoms with Crippen molar-refractivity contribution >= 4 is 17.6 Å². The molecule has 1 aromatic carbocycles. The lowest BCUT2D eigenvalue weighted by molar-refractivity contribution is -0.143. The van der Waals surface area contributed by atoms with Crippen molar-refractivity contribution in [2.24, 2.45) is 0 Å². The molecule has 0 radical (unpaired) electrons. The van der Waals surface area contributed by atoms with Gasteiger partial charge in [-0.2, -0.15) is 0 Å². The minimum Gasteiger partial charge on any atom is -0.466 e. The van der Waals surface area contributed by atoms with Crippen LogP contribution in [-0.2, 0) is 14.3 Å². The van der Waals surface area contributed by atoms with Gasteiger partial charge in [-0.3, -0.25) is 9.59 Å². The van der Waals surface area contributed by atoms with Crippen LogP contribution in [0.1, 0.15) is 20.3 Å². The molecule has 0 aliphatic rings. The van der Waals surface area contributed by atoms with Gasteiger partial charge in [0, 0.05) is 18.8 Å². The Hall–Kier alpha value is -1.95. The van der Waals surface area contributed by atoms with Gasteiger partial charge in [0.1, 0.15) is 5.82 Å². The van der Waals surface area contributed by atoms with Crippen LogP contribution in [0.2, 0.25) is 0 Å². The third-order valence-electron chi connectivity index (χ3n) is 2.84. The lowest BCUT2D eigenvalue weighted by Gasteiger charge is -2.21. The fourth-order valence-electron chi connectivity index (χ4n) is 1.84. The van der Waals surface area contributed by atoms with Gasteiger partial charge in [-0.1, -0.05) is 0 Å². The van der Waals surface area contributed by atoms with E-state index >= 15 is 0 Å². The van der Waals surface area contributed by atoms with Gasteiger partial charge in [0.2, 0.25) is 5.91 Å². The summed E-state index contributed by atoms with van der Waals surface area (Å²) in [7, 11) is 0. The van der Waals surface area contributed by atoms with E-state index in [1.807, 2.05) is 6.92 Å². The summed E-state index contributed by atoms with van der Waals surface area (Å²) in [6, 6.07) is 5.77. The van der Waals surface area contributed by atoms with Gasteiger partial charge in [-0.15, -0.1) is 0 Å². The zero-order valence-corrected chi connectivity index (χ0v) is 12.4. The van der Waals surface area contributed by atoms with Gasteiger partial charge in [-0.05, 0) is 38.1 Å². The summed E-state index contributed by atoms with van der Waals surface area (Å²) in [5, 5.41) is 2.90. The van der Waals surface area contributed by atoms with Crippen LogP contribution < -0.4 is 10.2 Å². The average Bonchev–Trinajstić information content (AvgIpc) is 2.47. The maximum Gasteiger partial charge on any atom is 0.307 e. The molecule has 0 heterocycles. The predicted molar refractivity (Wildman–Crippen MR) is 78.5 cm³/mol. The van der Waals surface area contributed by atoms with E-state index in [-0.39, 0.29) is 30.7 Å². The molecule has 1 N–H and O–H groups in total. The van der Waals surface area contributed by atoms with Crippen molar-refractivity contribution in [3.63, 3.8) is 0 Å². The van der Waals surface area contributed by atoms with Crippen LogP contribution >= 0.6 is 0 Å². The summed E-state index contributed by atoms with van der Waals surface area (Å²) < 4.78 is 17.7. The van der Waals surface area contributed by atoms with E-state index in [1.54, 1.807) is 24.0 Å². The highest BCUT2D eigenvalue weighted by Crippen LogP contribution is 2.14. The Bertz CT molecular complexity index is 462. The van der Waals surface area contributed by atoms with Crippen LogP contribution in [-0.4, -0.2) is 38.1 Å². The number of benzene rings is 1. The Labute approximate surface area is 124 Å². The SMILES string of the molecule is CCOC(=O)CCNCC(=O)N(CC)c1ccc(F)cc1. The van der Waals surface area contributed by atoms with Crippen molar-refractivity contribution in [1.29, 1.82) is 0 Å². The number of hydrogen-bond acceptors (Lipinski definition) is 4. The smallest absolute Gasteiger partial charge is 0.307 e. The van der Waals surface area contributed by atoms with Gasteiger partial charge in [-0.25, -0.2) is 4.39 Å². The summed E-state index contributed by atoms with van der Waals surface area (Å²) in [4.78, 5) is 24.8. The number of esters is 1. The highest BCUT2D eigenvalue weighted by molar-refractivity contribution is 5.94. The first-order valence-electron chi connectivity index (χ1n) is 7.00. The van der Waals surface area contributed by atoms with E-state index in [2.05, 4.69) is 5.32 Å². The van der Waals surface area contributed by atoms with Crippen molar-refractivity contribution in [2.45, 2.75) is 20.3 Å². The van der Waals surface area contributed by atoms with Crippen molar-refractivity contribution < 1.29 is 18.7 Å². The minimum atomic E-state index is -0.338. The third kappa shape index (κ3) is 5.91. The molecular weight excluding hydrogens is 275 g/mol. The number of nitrogens with zero attached hydrogens (tertiary/aromatic N) is 1. The van der Waals surface area contributed by atoms with E-state index in [0.717, 1.165) is 0 Å². The average molecular weight is 296 g/mol. The lowest BCUT2D eigenvalue weighted by atomic mass is 10.2. The summed E-state index contributed by atoms with van der Waals surface area (Å²) in [5.74, 6) is -0.758. The molecule has 21 heavy (non-hydrogen) atoms. The number of amides is 1. The number of carbonyl (C=O) groups excluding carboxylic acids is 2. The molecule has 0 spiro atoms. The van der Waals surface area contributed by atoms with Crippen LogP contribution in [0.4, 0.5) is 10.1 Å². The second kappa shape index (κ2) is 9.07. The number of rotatable bonds is 8. The highest BCUT2D eigenvalue weighted by Gasteiger charge is 2.13. The Kier molecular flexibility index (Phi) is 7.39. The van der Waals surface area contributed by atoms with Crippen molar-refractivity contribution in [1.82, 2.24) is 5.32 Å². The predicted octanol–water partition coefficient (Wildman–Crippen LogP) is 1.72. The Morgan fingerprint density at radius 2 is 1.90 bits per heavy atom. The van der Waals surface area contributed by atoms with E-state index in [9.17, 15) is 14.0 Å². The number of nitrogens with one attached hydrogen (secondary N) is 1. The lowest BCUT2D eigenvalue weighted by Crippen LogP contribution is -2.38. The molecule has 5 nitrogen and oxygen atoms in total. The quantitative estimate of drug-likeness (QED) is 0.586. The van der Waals surface area contributed by atoms with E-state index in [4.69, 9.17) is 4.74 Å². The van der Waals surface area contributed by atoms with E-state index < -0.39 is 0 Å². The minimum absolute atomic E-state index is 0.116. The van der Waals surface area contributed by atoms with Crippen molar-refractivity contribution in [3.8, 4) is 0 Å². The second-order valence-electron chi connectivity index (χ2n) is 4.35. The van der Waals surface area contributed by atoms with Crippen LogP contribution in [0.3, 0.4) is 0 Å². The molecular formula is C15H21FN2O3. The van der Waals surface area contributed by atoms with Crippen LogP contribution in [0.5, 0.6) is 0 Å². The zero-order chi connectivity index (χ0) is 15.7. The van der Waals surface area contributed by atoms with Crippen molar-refractivity contribution in [3.05, 3.63) is 30.1 Å². The van der Waals surface area contributed by atoms with E-state index in [1.165, 1.54) is 12.1 Å². The van der Waals surface area contributed by atoms with Gasteiger partial charge in [0.25, 0.3) is 0 Å². The number of hydrogen-bond donors (Lipinski definition) is 1. The van der Waals surface area contributed by atoms with E-state index in [0.29, 0.717) is 25.4 Å². The molecule has 0 fully saturated rings. The van der Waals surface area contributed by atoms with Gasteiger partial charge >= 0.3 is 5.97 Å².